The first-order valence-corrected chi connectivity index (χ1v) is 14.6. The van der Waals surface area contributed by atoms with E-state index in [9.17, 15) is 13.2 Å². The fraction of sp³-hybridized carbons (Fsp3) is 0.346. The summed E-state index contributed by atoms with van der Waals surface area (Å²) in [4.78, 5) is 18.2. The van der Waals surface area contributed by atoms with Gasteiger partial charge in [-0.25, -0.2) is 13.4 Å². The Hall–Kier alpha value is -3.08. The van der Waals surface area contributed by atoms with Crippen molar-refractivity contribution in [1.82, 2.24) is 19.1 Å². The van der Waals surface area contributed by atoms with Crippen molar-refractivity contribution >= 4 is 43.3 Å². The molecule has 1 N–H and O–H groups in total. The molecule has 186 valence electrons. The summed E-state index contributed by atoms with van der Waals surface area (Å²) in [6.07, 6.45) is 6.61. The summed E-state index contributed by atoms with van der Waals surface area (Å²) in [5, 5.41) is 8.53. The van der Waals surface area contributed by atoms with Gasteiger partial charge in [-0.1, -0.05) is 36.3 Å². The van der Waals surface area contributed by atoms with E-state index in [0.29, 0.717) is 29.6 Å². The second-order valence-corrected chi connectivity index (χ2v) is 12.2. The van der Waals surface area contributed by atoms with E-state index in [1.807, 2.05) is 24.3 Å². The van der Waals surface area contributed by atoms with Crippen LogP contribution in [-0.2, 0) is 22.9 Å². The van der Waals surface area contributed by atoms with Gasteiger partial charge in [0.15, 0.2) is 0 Å². The average Bonchev–Trinajstić information content (AvgIpc) is 3.53. The molecule has 10 heteroatoms. The third-order valence-electron chi connectivity index (χ3n) is 6.92. The third kappa shape index (κ3) is 4.23. The Morgan fingerprint density at radius 2 is 1.67 bits per heavy atom. The zero-order valence-electron chi connectivity index (χ0n) is 19.8. The summed E-state index contributed by atoms with van der Waals surface area (Å²) in [6.45, 7) is 1.09. The number of rotatable bonds is 5. The van der Waals surface area contributed by atoms with Gasteiger partial charge in [0.2, 0.25) is 15.2 Å². The summed E-state index contributed by atoms with van der Waals surface area (Å²) in [6, 6.07) is 14.1. The number of nitrogens with one attached hydrogen (secondary N) is 1. The summed E-state index contributed by atoms with van der Waals surface area (Å²) in [7, 11) is -3.56. The number of hydrogen-bond acceptors (Lipinski definition) is 6. The SMILES string of the molecule is O=C(Nc1c2c(nn1-c1nc3ccccc3s1)CCC2)c1ccc(S(=O)(=O)N2CCCCCC2)cc1. The van der Waals surface area contributed by atoms with Crippen LogP contribution in [0.2, 0.25) is 0 Å². The molecular weight excluding hydrogens is 494 g/mol. The van der Waals surface area contributed by atoms with Crippen molar-refractivity contribution in [2.75, 3.05) is 18.4 Å². The van der Waals surface area contributed by atoms with Crippen molar-refractivity contribution < 1.29 is 13.2 Å². The number of thiazole rings is 1. The molecule has 0 saturated carbocycles. The zero-order valence-corrected chi connectivity index (χ0v) is 21.4. The van der Waals surface area contributed by atoms with Crippen LogP contribution in [0.3, 0.4) is 0 Å². The van der Waals surface area contributed by atoms with Crippen LogP contribution in [0.4, 0.5) is 5.82 Å². The van der Waals surface area contributed by atoms with E-state index in [0.717, 1.165) is 66.4 Å². The Labute approximate surface area is 214 Å². The van der Waals surface area contributed by atoms with Crippen LogP contribution in [0.15, 0.2) is 53.4 Å². The topological polar surface area (TPSA) is 97.2 Å². The van der Waals surface area contributed by atoms with E-state index in [1.165, 1.54) is 23.5 Å². The summed E-state index contributed by atoms with van der Waals surface area (Å²) in [5.74, 6) is 0.346. The molecule has 2 aromatic heterocycles. The standard InChI is InChI=1S/C26H27N5O3S2/c32-25(18-12-14-19(15-13-18)36(33,34)30-16-5-1-2-6-17-30)28-24-20-8-7-10-21(20)29-31(24)26-27-22-9-3-4-11-23(22)35-26/h3-4,9,11-15H,1-2,5-8,10,16-17H2,(H,28,32). The van der Waals surface area contributed by atoms with Crippen molar-refractivity contribution in [3.05, 3.63) is 65.4 Å². The molecule has 8 nitrogen and oxygen atoms in total. The third-order valence-corrected chi connectivity index (χ3v) is 9.85. The smallest absolute Gasteiger partial charge is 0.256 e. The summed E-state index contributed by atoms with van der Waals surface area (Å²) >= 11 is 1.53. The number of para-hydroxylation sites is 1. The quantitative estimate of drug-likeness (QED) is 0.407. The van der Waals surface area contributed by atoms with Gasteiger partial charge in [-0.05, 0) is 68.5 Å². The number of fused-ring (bicyclic) bond motifs is 2. The predicted octanol–water partition coefficient (Wildman–Crippen LogP) is 4.79. The minimum atomic E-state index is -3.56. The number of hydrogen-bond donors (Lipinski definition) is 1. The Balaban J connectivity index is 1.27. The van der Waals surface area contributed by atoms with Crippen molar-refractivity contribution in [3.8, 4) is 5.13 Å². The highest BCUT2D eigenvalue weighted by Crippen LogP contribution is 2.34. The molecular formula is C26H27N5O3S2. The predicted molar refractivity (Wildman–Crippen MR) is 140 cm³/mol. The molecule has 1 amide bonds. The fourth-order valence-corrected chi connectivity index (χ4v) is 7.44. The van der Waals surface area contributed by atoms with E-state index >= 15 is 0 Å². The van der Waals surface area contributed by atoms with Crippen LogP contribution >= 0.6 is 11.3 Å². The number of aromatic nitrogens is 3. The lowest BCUT2D eigenvalue weighted by molar-refractivity contribution is 0.102. The molecule has 36 heavy (non-hydrogen) atoms. The molecule has 0 spiro atoms. The molecule has 1 aliphatic heterocycles. The second-order valence-electron chi connectivity index (χ2n) is 9.30. The van der Waals surface area contributed by atoms with Gasteiger partial charge in [0.05, 0.1) is 20.8 Å². The molecule has 2 aliphatic rings. The van der Waals surface area contributed by atoms with Crippen LogP contribution in [0.25, 0.3) is 15.3 Å². The molecule has 0 bridgehead atoms. The van der Waals surface area contributed by atoms with Gasteiger partial charge in [-0.3, -0.25) is 4.79 Å². The Kier molecular flexibility index (Phi) is 6.10. The lowest BCUT2D eigenvalue weighted by Gasteiger charge is -2.20. The average molecular weight is 522 g/mol. The van der Waals surface area contributed by atoms with Gasteiger partial charge in [-0.2, -0.15) is 14.1 Å². The van der Waals surface area contributed by atoms with Gasteiger partial charge in [-0.15, -0.1) is 0 Å². The number of anilines is 1. The lowest BCUT2D eigenvalue weighted by atomic mass is 10.2. The van der Waals surface area contributed by atoms with E-state index in [-0.39, 0.29) is 10.8 Å². The van der Waals surface area contributed by atoms with Gasteiger partial charge in [0, 0.05) is 24.2 Å². The Morgan fingerprint density at radius 3 is 2.42 bits per heavy atom. The van der Waals surface area contributed by atoms with Gasteiger partial charge >= 0.3 is 0 Å². The highest BCUT2D eigenvalue weighted by molar-refractivity contribution is 7.89. The molecule has 2 aromatic carbocycles. The second kappa shape index (κ2) is 9.42. The van der Waals surface area contributed by atoms with Crippen LogP contribution in [0, 0.1) is 0 Å². The number of aryl methyl sites for hydroxylation is 1. The largest absolute Gasteiger partial charge is 0.306 e. The number of benzene rings is 2. The van der Waals surface area contributed by atoms with Crippen molar-refractivity contribution in [3.63, 3.8) is 0 Å². The molecule has 3 heterocycles. The molecule has 1 fully saturated rings. The number of carbonyl (C=O) groups is 1. The Morgan fingerprint density at radius 1 is 0.917 bits per heavy atom. The van der Waals surface area contributed by atoms with Crippen LogP contribution < -0.4 is 5.32 Å². The first-order valence-electron chi connectivity index (χ1n) is 12.4. The maximum atomic E-state index is 13.2. The van der Waals surface area contributed by atoms with Crippen LogP contribution in [0.5, 0.6) is 0 Å². The maximum absolute atomic E-state index is 13.2. The molecule has 0 unspecified atom stereocenters. The minimum absolute atomic E-state index is 0.223. The first kappa shape index (κ1) is 23.3. The summed E-state index contributed by atoms with van der Waals surface area (Å²) < 4.78 is 30.5. The molecule has 0 atom stereocenters. The highest BCUT2D eigenvalue weighted by Gasteiger charge is 2.27. The van der Waals surface area contributed by atoms with E-state index < -0.39 is 10.0 Å². The zero-order chi connectivity index (χ0) is 24.7. The van der Waals surface area contributed by atoms with E-state index in [4.69, 9.17) is 10.1 Å². The molecule has 1 saturated heterocycles. The number of amides is 1. The van der Waals surface area contributed by atoms with E-state index in [2.05, 4.69) is 5.32 Å². The fourth-order valence-electron chi connectivity index (χ4n) is 5.00. The number of nitrogens with zero attached hydrogens (tertiary/aromatic N) is 4. The van der Waals surface area contributed by atoms with Gasteiger partial charge < -0.3 is 5.32 Å². The van der Waals surface area contributed by atoms with Crippen molar-refractivity contribution in [2.24, 2.45) is 0 Å². The Bertz CT molecular complexity index is 1500. The highest BCUT2D eigenvalue weighted by atomic mass is 32.2. The lowest BCUT2D eigenvalue weighted by Crippen LogP contribution is -2.31. The molecule has 1 aliphatic carbocycles. The summed E-state index contributed by atoms with van der Waals surface area (Å²) in [5.41, 5.74) is 3.33. The molecule has 4 aromatic rings. The number of sulfonamides is 1. The van der Waals surface area contributed by atoms with Gasteiger partial charge in [0.1, 0.15) is 5.82 Å². The first-order chi connectivity index (χ1) is 17.5. The normalized spacial score (nSPS) is 16.7. The minimum Gasteiger partial charge on any atom is -0.306 e. The van der Waals surface area contributed by atoms with Crippen LogP contribution in [0.1, 0.15) is 53.7 Å². The maximum Gasteiger partial charge on any atom is 0.256 e. The van der Waals surface area contributed by atoms with Crippen molar-refractivity contribution in [1.29, 1.82) is 0 Å². The van der Waals surface area contributed by atoms with Gasteiger partial charge in [0.25, 0.3) is 5.91 Å². The number of carbonyl (C=O) groups excluding carboxylic acids is 1. The molecule has 0 radical (unpaired) electrons. The molecule has 6 rings (SSSR count). The van der Waals surface area contributed by atoms with E-state index in [1.54, 1.807) is 21.1 Å². The monoisotopic (exact) mass is 521 g/mol. The van der Waals surface area contributed by atoms with Crippen molar-refractivity contribution in [2.45, 2.75) is 49.8 Å². The van der Waals surface area contributed by atoms with Crippen LogP contribution in [-0.4, -0.2) is 46.5 Å².